The van der Waals surface area contributed by atoms with E-state index < -0.39 is 5.76 Å². The molecule has 1 aromatic heterocycles. The van der Waals surface area contributed by atoms with Gasteiger partial charge in [0.25, 0.3) is 0 Å². The quantitative estimate of drug-likeness (QED) is 0.722. The predicted octanol–water partition coefficient (Wildman–Crippen LogP) is 1.20. The zero-order valence-corrected chi connectivity index (χ0v) is 7.19. The van der Waals surface area contributed by atoms with E-state index in [-0.39, 0.29) is 11.5 Å². The van der Waals surface area contributed by atoms with Crippen LogP contribution in [0.5, 0.6) is 0 Å². The number of ketones is 1. The molecule has 4 nitrogen and oxygen atoms in total. The largest absolute Gasteiger partial charge is 0.416 e. The van der Waals surface area contributed by atoms with Crippen molar-refractivity contribution >= 4 is 5.78 Å². The van der Waals surface area contributed by atoms with Gasteiger partial charge in [-0.15, -0.1) is 0 Å². The van der Waals surface area contributed by atoms with E-state index in [0.29, 0.717) is 5.56 Å². The van der Waals surface area contributed by atoms with Crippen molar-refractivity contribution in [3.05, 3.63) is 58.4 Å². The van der Waals surface area contributed by atoms with E-state index >= 15 is 0 Å². The van der Waals surface area contributed by atoms with E-state index in [1.165, 1.54) is 0 Å². The van der Waals surface area contributed by atoms with Crippen molar-refractivity contribution in [3.63, 3.8) is 0 Å². The lowest BCUT2D eigenvalue weighted by atomic mass is 10.1. The number of hydrogen-bond acceptors (Lipinski definition) is 3. The van der Waals surface area contributed by atoms with E-state index in [1.54, 1.807) is 24.3 Å². The molecule has 1 N–H and O–H groups in total. The van der Waals surface area contributed by atoms with Crippen LogP contribution >= 0.6 is 0 Å². The molecule has 0 aliphatic heterocycles. The molecule has 0 spiro atoms. The lowest BCUT2D eigenvalue weighted by Crippen LogP contribution is -2.04. The van der Waals surface area contributed by atoms with Crippen molar-refractivity contribution < 1.29 is 9.21 Å². The van der Waals surface area contributed by atoms with Crippen LogP contribution in [0.3, 0.4) is 0 Å². The maximum absolute atomic E-state index is 11.6. The summed E-state index contributed by atoms with van der Waals surface area (Å²) in [5.74, 6) is -0.874. The Morgan fingerprint density at radius 2 is 1.93 bits per heavy atom. The Labute approximate surface area is 79.2 Å². The number of rotatable bonds is 2. The molecule has 70 valence electrons. The average molecular weight is 189 g/mol. The highest BCUT2D eigenvalue weighted by Crippen LogP contribution is 2.05. The number of hydrogen-bond donors (Lipinski definition) is 1. The summed E-state index contributed by atoms with van der Waals surface area (Å²) in [5.41, 5.74) is 0.686. The van der Waals surface area contributed by atoms with Crippen molar-refractivity contribution in [2.45, 2.75) is 0 Å². The number of carbonyl (C=O) groups is 1. The molecule has 2 rings (SSSR count). The summed E-state index contributed by atoms with van der Waals surface area (Å²) in [6.45, 7) is 0. The third-order valence-electron chi connectivity index (χ3n) is 1.80. The fourth-order valence-electron chi connectivity index (χ4n) is 1.14. The summed E-state index contributed by atoms with van der Waals surface area (Å²) >= 11 is 0. The van der Waals surface area contributed by atoms with E-state index in [1.807, 2.05) is 6.07 Å². The Hall–Kier alpha value is -2.10. The van der Waals surface area contributed by atoms with Gasteiger partial charge in [-0.05, 0) is 0 Å². The zero-order chi connectivity index (χ0) is 9.97. The average Bonchev–Trinajstić information content (AvgIpc) is 2.65. The van der Waals surface area contributed by atoms with Crippen LogP contribution in [0.4, 0.5) is 0 Å². The van der Waals surface area contributed by atoms with Crippen LogP contribution in [-0.2, 0) is 0 Å². The van der Waals surface area contributed by atoms with E-state index in [9.17, 15) is 9.59 Å². The first-order valence-electron chi connectivity index (χ1n) is 4.05. The number of oxazole rings is 1. The molecule has 0 atom stereocenters. The van der Waals surface area contributed by atoms with Crippen molar-refractivity contribution in [3.8, 4) is 0 Å². The second kappa shape index (κ2) is 3.33. The van der Waals surface area contributed by atoms with Gasteiger partial charge >= 0.3 is 5.76 Å². The van der Waals surface area contributed by atoms with Crippen molar-refractivity contribution in [1.82, 2.24) is 4.98 Å². The molecule has 0 aliphatic carbocycles. The second-order valence-electron chi connectivity index (χ2n) is 2.76. The maximum Gasteiger partial charge on any atom is 0.416 e. The summed E-state index contributed by atoms with van der Waals surface area (Å²) in [6.07, 6.45) is 1.12. The molecule has 0 bridgehead atoms. The monoisotopic (exact) mass is 189 g/mol. The van der Waals surface area contributed by atoms with Crippen molar-refractivity contribution in [1.29, 1.82) is 0 Å². The molecule has 1 aromatic carbocycles. The Bertz CT molecular complexity index is 495. The summed E-state index contributed by atoms with van der Waals surface area (Å²) in [5, 5.41) is 0. The maximum atomic E-state index is 11.6. The molecule has 1 heterocycles. The molecule has 0 saturated heterocycles. The number of H-pyrrole nitrogens is 1. The molecule has 0 radical (unpaired) electrons. The summed E-state index contributed by atoms with van der Waals surface area (Å²) < 4.78 is 4.48. The Balaban J connectivity index is 2.38. The molecule has 0 saturated carbocycles. The first kappa shape index (κ1) is 8.50. The smallest absolute Gasteiger partial charge is 0.416 e. The minimum Gasteiger partial charge on any atom is -0.416 e. The highest BCUT2D eigenvalue weighted by molar-refractivity contribution is 6.07. The fraction of sp³-hybridized carbons (Fsp3) is 0. The van der Waals surface area contributed by atoms with Crippen LogP contribution in [-0.4, -0.2) is 10.8 Å². The standard InChI is InChI=1S/C10H7NO3/c12-9(7-4-2-1-3-5-7)8-6-14-10(13)11-8/h1-6H,(H,11,13). The fourth-order valence-corrected chi connectivity index (χ4v) is 1.14. The highest BCUT2D eigenvalue weighted by Gasteiger charge is 2.10. The zero-order valence-electron chi connectivity index (χ0n) is 7.19. The third-order valence-corrected chi connectivity index (χ3v) is 1.80. The minimum atomic E-state index is -0.621. The topological polar surface area (TPSA) is 63.1 Å². The number of benzene rings is 1. The molecule has 0 amide bonds. The predicted molar refractivity (Wildman–Crippen MR) is 49.2 cm³/mol. The molecule has 0 fully saturated rings. The third kappa shape index (κ3) is 1.50. The molecule has 14 heavy (non-hydrogen) atoms. The Morgan fingerprint density at radius 1 is 1.21 bits per heavy atom. The SMILES string of the molecule is O=C(c1ccccc1)c1coc(=O)[nH]1. The van der Waals surface area contributed by atoms with Crippen LogP contribution in [0, 0.1) is 0 Å². The van der Waals surface area contributed by atoms with E-state index in [2.05, 4.69) is 9.40 Å². The second-order valence-corrected chi connectivity index (χ2v) is 2.76. The van der Waals surface area contributed by atoms with Gasteiger partial charge in [-0.1, -0.05) is 30.3 Å². The van der Waals surface area contributed by atoms with Crippen LogP contribution in [0.15, 0.2) is 45.8 Å². The lowest BCUT2D eigenvalue weighted by molar-refractivity contribution is 0.103. The van der Waals surface area contributed by atoms with Crippen LogP contribution in [0.1, 0.15) is 16.1 Å². The number of nitrogens with one attached hydrogen (secondary N) is 1. The molecule has 4 heteroatoms. The van der Waals surface area contributed by atoms with Gasteiger partial charge in [-0.3, -0.25) is 9.78 Å². The van der Waals surface area contributed by atoms with Gasteiger partial charge in [-0.2, -0.15) is 0 Å². The molecule has 0 unspecified atom stereocenters. The van der Waals surface area contributed by atoms with E-state index in [0.717, 1.165) is 6.26 Å². The summed E-state index contributed by atoms with van der Waals surface area (Å²) in [7, 11) is 0. The van der Waals surface area contributed by atoms with Crippen LogP contribution < -0.4 is 5.76 Å². The molecule has 0 aliphatic rings. The van der Waals surface area contributed by atoms with Gasteiger partial charge < -0.3 is 4.42 Å². The van der Waals surface area contributed by atoms with Crippen molar-refractivity contribution in [2.75, 3.05) is 0 Å². The Kier molecular flexibility index (Phi) is 2.02. The van der Waals surface area contributed by atoms with Gasteiger partial charge in [-0.25, -0.2) is 4.79 Å². The first-order chi connectivity index (χ1) is 6.77. The van der Waals surface area contributed by atoms with Gasteiger partial charge in [0.15, 0.2) is 0 Å². The van der Waals surface area contributed by atoms with Gasteiger partial charge in [0.2, 0.25) is 5.78 Å². The van der Waals surface area contributed by atoms with Gasteiger partial charge in [0.1, 0.15) is 12.0 Å². The minimum absolute atomic E-state index is 0.168. The summed E-state index contributed by atoms with van der Waals surface area (Å²) in [6, 6.07) is 8.67. The number of aromatic amines is 1. The molecular formula is C10H7NO3. The normalized spacial score (nSPS) is 10.0. The summed E-state index contributed by atoms with van der Waals surface area (Å²) in [4.78, 5) is 24.6. The molecular weight excluding hydrogens is 182 g/mol. The number of carbonyl (C=O) groups excluding carboxylic acids is 1. The molecule has 2 aromatic rings. The lowest BCUT2D eigenvalue weighted by Gasteiger charge is -1.94. The number of aromatic nitrogens is 1. The first-order valence-corrected chi connectivity index (χ1v) is 4.05. The van der Waals surface area contributed by atoms with Gasteiger partial charge in [0, 0.05) is 5.56 Å². The van der Waals surface area contributed by atoms with Crippen LogP contribution in [0.2, 0.25) is 0 Å². The van der Waals surface area contributed by atoms with Crippen molar-refractivity contribution in [2.24, 2.45) is 0 Å². The van der Waals surface area contributed by atoms with Gasteiger partial charge in [0.05, 0.1) is 0 Å². The van der Waals surface area contributed by atoms with E-state index in [4.69, 9.17) is 0 Å². The Morgan fingerprint density at radius 3 is 2.50 bits per heavy atom. The highest BCUT2D eigenvalue weighted by atomic mass is 16.4. The van der Waals surface area contributed by atoms with Crippen LogP contribution in [0.25, 0.3) is 0 Å².